The number of hydroxylamine groups is 2. The van der Waals surface area contributed by atoms with Gasteiger partial charge in [0.25, 0.3) is 5.91 Å². The lowest BCUT2D eigenvalue weighted by Gasteiger charge is -2.32. The average Bonchev–Trinajstić information content (AvgIpc) is 2.96. The third-order valence-electron chi connectivity index (χ3n) is 6.03. The minimum absolute atomic E-state index is 0.163. The molecule has 0 aromatic heterocycles. The summed E-state index contributed by atoms with van der Waals surface area (Å²) in [6.45, 7) is 10.6. The molecule has 0 aliphatic carbocycles. The van der Waals surface area contributed by atoms with Crippen molar-refractivity contribution < 1.29 is 28.9 Å². The van der Waals surface area contributed by atoms with Crippen LogP contribution in [-0.4, -0.2) is 70.6 Å². The molecular weight excluding hydrogens is 538 g/mol. The Hall–Kier alpha value is -3.77. The van der Waals surface area contributed by atoms with E-state index in [0.29, 0.717) is 0 Å². The predicted molar refractivity (Wildman–Crippen MR) is 158 cm³/mol. The van der Waals surface area contributed by atoms with Gasteiger partial charge in [-0.25, -0.2) is 4.99 Å². The van der Waals surface area contributed by atoms with Gasteiger partial charge >= 0.3 is 0 Å². The average molecular weight is 580 g/mol. The van der Waals surface area contributed by atoms with Gasteiger partial charge in [0.2, 0.25) is 17.3 Å². The summed E-state index contributed by atoms with van der Waals surface area (Å²) >= 11 is 0. The summed E-state index contributed by atoms with van der Waals surface area (Å²) < 4.78 is 0. The number of carbonyl (C=O) groups is 4. The molecular formula is C31H41N5O6. The molecule has 1 aliphatic rings. The van der Waals surface area contributed by atoms with Crippen molar-refractivity contribution in [2.75, 3.05) is 6.67 Å². The summed E-state index contributed by atoms with van der Waals surface area (Å²) in [4.78, 5) is 70.6. The van der Waals surface area contributed by atoms with Crippen molar-refractivity contribution in [3.63, 3.8) is 0 Å². The van der Waals surface area contributed by atoms with Gasteiger partial charge in [0.15, 0.2) is 6.17 Å². The number of benzene rings is 2. The third-order valence-corrected chi connectivity index (χ3v) is 6.03. The zero-order valence-corrected chi connectivity index (χ0v) is 25.0. The number of nitrogens with one attached hydrogen (secondary N) is 3. The van der Waals surface area contributed by atoms with Crippen LogP contribution in [0.1, 0.15) is 52.7 Å². The van der Waals surface area contributed by atoms with Gasteiger partial charge in [-0.1, -0.05) is 60.7 Å². The van der Waals surface area contributed by atoms with E-state index in [-0.39, 0.29) is 19.5 Å². The van der Waals surface area contributed by atoms with Crippen LogP contribution in [0.2, 0.25) is 0 Å². The highest BCUT2D eigenvalue weighted by atomic mass is 16.7. The number of Topliss-reactive ketones (excluding diaryl/α,β-unsaturated/α-hetero) is 3. The van der Waals surface area contributed by atoms with Crippen LogP contribution >= 0.6 is 0 Å². The fourth-order valence-electron chi connectivity index (χ4n) is 3.98. The molecule has 0 fully saturated rings. The molecule has 1 amide bonds. The van der Waals surface area contributed by atoms with Crippen molar-refractivity contribution in [1.29, 1.82) is 0 Å². The van der Waals surface area contributed by atoms with Crippen LogP contribution in [0.5, 0.6) is 0 Å². The number of rotatable bonds is 13. The normalized spacial score (nSPS) is 16.8. The van der Waals surface area contributed by atoms with E-state index < -0.39 is 52.7 Å². The summed E-state index contributed by atoms with van der Waals surface area (Å²) in [5.74, 6) is -3.58. The van der Waals surface area contributed by atoms with Crippen molar-refractivity contribution in [1.82, 2.24) is 21.2 Å². The van der Waals surface area contributed by atoms with Gasteiger partial charge in [-0.05, 0) is 65.5 Å². The predicted octanol–water partition coefficient (Wildman–Crippen LogP) is 2.30. The highest BCUT2D eigenvalue weighted by Gasteiger charge is 2.41. The first-order chi connectivity index (χ1) is 19.7. The van der Waals surface area contributed by atoms with Crippen LogP contribution in [0.4, 0.5) is 0 Å². The number of nitrogens with zero attached hydrogens (tertiary/aromatic N) is 2. The molecule has 3 N–H and O–H groups in total. The number of hydrogen-bond acceptors (Lipinski definition) is 10. The first kappa shape index (κ1) is 32.7. The molecule has 1 heterocycles. The number of amides is 1. The van der Waals surface area contributed by atoms with E-state index in [1.807, 2.05) is 60.7 Å². The molecule has 0 bridgehead atoms. The second kappa shape index (κ2) is 14.4. The van der Waals surface area contributed by atoms with Crippen molar-refractivity contribution in [2.45, 2.75) is 83.8 Å². The second-order valence-corrected chi connectivity index (χ2v) is 12.0. The molecule has 1 aliphatic heterocycles. The van der Waals surface area contributed by atoms with Crippen LogP contribution in [0.15, 0.2) is 65.7 Å². The minimum atomic E-state index is -1.52. The quantitative estimate of drug-likeness (QED) is 0.241. The van der Waals surface area contributed by atoms with Crippen LogP contribution in [0.3, 0.4) is 0 Å². The van der Waals surface area contributed by atoms with Gasteiger partial charge in [0, 0.05) is 0 Å². The molecule has 3 atom stereocenters. The van der Waals surface area contributed by atoms with Gasteiger partial charge < -0.3 is 5.32 Å². The lowest BCUT2D eigenvalue weighted by molar-refractivity contribution is -0.156. The molecule has 0 spiro atoms. The van der Waals surface area contributed by atoms with Crippen LogP contribution in [-0.2, 0) is 41.7 Å². The van der Waals surface area contributed by atoms with Crippen molar-refractivity contribution in [3.05, 3.63) is 71.8 Å². The number of ketones is 3. The molecule has 1 unspecified atom stereocenters. The largest absolute Gasteiger partial charge is 0.359 e. The Balaban J connectivity index is 1.82. The highest BCUT2D eigenvalue weighted by molar-refractivity contribution is 6.43. The fourth-order valence-corrected chi connectivity index (χ4v) is 3.98. The van der Waals surface area contributed by atoms with E-state index >= 15 is 0 Å². The maximum atomic E-state index is 13.6. The SMILES string of the molecule is CC(C)(C)ON[C@@H](Cc1ccccc1)C(=O)C(=O)C1N=CNCN1C(=O)C(=O)[C@H](Cc1ccccc1)NOC(C)(C)C. The first-order valence-corrected chi connectivity index (χ1v) is 13.9. The molecule has 11 nitrogen and oxygen atoms in total. The van der Waals surface area contributed by atoms with Gasteiger partial charge in [-0.3, -0.25) is 33.8 Å². The summed E-state index contributed by atoms with van der Waals surface area (Å²) in [6.07, 6.45) is 0.0519. The maximum Gasteiger partial charge on any atom is 0.295 e. The van der Waals surface area contributed by atoms with Gasteiger partial charge in [0.05, 0.1) is 24.2 Å². The molecule has 226 valence electrons. The standard InChI is InChI=1S/C31H41N5O6/c1-30(2,3)41-34-23(17-21-13-9-7-10-14-21)25(37)27(39)28-33-19-32-20-36(28)29(40)26(38)24(35-42-31(4,5)6)18-22-15-11-8-12-16-22/h7-16,19,23-24,28,34-35H,17-18,20H2,1-6H3,(H,32,33)/t23-,24-,28?/m0/s1. The van der Waals surface area contributed by atoms with Crippen molar-refractivity contribution in [3.8, 4) is 0 Å². The molecule has 0 radical (unpaired) electrons. The van der Waals surface area contributed by atoms with Crippen LogP contribution in [0, 0.1) is 0 Å². The zero-order valence-electron chi connectivity index (χ0n) is 25.0. The second-order valence-electron chi connectivity index (χ2n) is 12.0. The molecule has 2 aromatic carbocycles. The summed E-state index contributed by atoms with van der Waals surface area (Å²) in [5.41, 5.74) is 5.80. The number of aliphatic imine (C=N–C) groups is 1. The Morgan fingerprint density at radius 1 is 0.810 bits per heavy atom. The number of hydrogen-bond donors (Lipinski definition) is 3. The van der Waals surface area contributed by atoms with Gasteiger partial charge in [-0.2, -0.15) is 11.0 Å². The summed E-state index contributed by atoms with van der Waals surface area (Å²) in [7, 11) is 0. The molecule has 3 rings (SSSR count). The molecule has 0 saturated carbocycles. The van der Waals surface area contributed by atoms with E-state index in [1.54, 1.807) is 41.5 Å². The van der Waals surface area contributed by atoms with E-state index in [0.717, 1.165) is 16.0 Å². The highest BCUT2D eigenvalue weighted by Crippen LogP contribution is 2.15. The monoisotopic (exact) mass is 579 g/mol. The molecule has 11 heteroatoms. The Morgan fingerprint density at radius 3 is 1.71 bits per heavy atom. The molecule has 2 aromatic rings. The molecule has 42 heavy (non-hydrogen) atoms. The van der Waals surface area contributed by atoms with Crippen LogP contribution < -0.4 is 16.3 Å². The van der Waals surface area contributed by atoms with Crippen LogP contribution in [0.25, 0.3) is 0 Å². The Kier molecular flexibility index (Phi) is 11.2. The van der Waals surface area contributed by atoms with E-state index in [2.05, 4.69) is 21.3 Å². The number of carbonyl (C=O) groups excluding carboxylic acids is 4. The topological polar surface area (TPSA) is 138 Å². The smallest absolute Gasteiger partial charge is 0.295 e. The van der Waals surface area contributed by atoms with Gasteiger partial charge in [0.1, 0.15) is 12.1 Å². The summed E-state index contributed by atoms with van der Waals surface area (Å²) in [6, 6.07) is 16.2. The summed E-state index contributed by atoms with van der Waals surface area (Å²) in [5, 5.41) is 2.76. The van der Waals surface area contributed by atoms with E-state index in [9.17, 15) is 19.2 Å². The first-order valence-electron chi connectivity index (χ1n) is 13.9. The van der Waals surface area contributed by atoms with Gasteiger partial charge in [-0.15, -0.1) is 0 Å². The maximum absolute atomic E-state index is 13.6. The Bertz CT molecular complexity index is 1250. The van der Waals surface area contributed by atoms with Crippen molar-refractivity contribution >= 4 is 29.6 Å². The van der Waals surface area contributed by atoms with Crippen molar-refractivity contribution in [2.24, 2.45) is 4.99 Å². The van der Waals surface area contributed by atoms with E-state index in [1.165, 1.54) is 6.34 Å². The third kappa shape index (κ3) is 9.95. The molecule has 0 saturated heterocycles. The minimum Gasteiger partial charge on any atom is -0.359 e. The zero-order chi connectivity index (χ0) is 30.9. The Morgan fingerprint density at radius 2 is 1.26 bits per heavy atom. The van der Waals surface area contributed by atoms with E-state index in [4.69, 9.17) is 9.68 Å². The lowest BCUT2D eigenvalue weighted by Crippen LogP contribution is -2.59. The Labute approximate surface area is 247 Å². The fraction of sp³-hybridized carbons (Fsp3) is 0.452. The lowest BCUT2D eigenvalue weighted by atomic mass is 9.98.